The maximum Gasteiger partial charge on any atom is 0.317 e. The van der Waals surface area contributed by atoms with Crippen molar-refractivity contribution in [1.29, 1.82) is 0 Å². The summed E-state index contributed by atoms with van der Waals surface area (Å²) in [7, 11) is 1.60. The van der Waals surface area contributed by atoms with Crippen LogP contribution in [0.1, 0.15) is 18.4 Å². The number of nitrogens with zero attached hydrogens (tertiary/aromatic N) is 1. The van der Waals surface area contributed by atoms with Crippen LogP contribution in [0.3, 0.4) is 0 Å². The van der Waals surface area contributed by atoms with Crippen LogP contribution in [0.4, 0.5) is 0 Å². The van der Waals surface area contributed by atoms with Gasteiger partial charge < -0.3 is 14.3 Å². The van der Waals surface area contributed by atoms with Crippen LogP contribution < -0.4 is 0 Å². The van der Waals surface area contributed by atoms with Gasteiger partial charge in [-0.25, -0.2) is 0 Å². The number of methoxy groups -OCH3 is 1. The van der Waals surface area contributed by atoms with Crippen molar-refractivity contribution in [1.82, 2.24) is 4.90 Å². The van der Waals surface area contributed by atoms with Crippen LogP contribution in [-0.4, -0.2) is 42.8 Å². The fourth-order valence-electron chi connectivity index (χ4n) is 1.54. The smallest absolute Gasteiger partial charge is 0.317 e. The summed E-state index contributed by atoms with van der Waals surface area (Å²) in [6, 6.07) is 3.81. The summed E-state index contributed by atoms with van der Waals surface area (Å²) in [6.45, 7) is 3.59. The lowest BCUT2D eigenvalue weighted by Crippen LogP contribution is -2.32. The van der Waals surface area contributed by atoms with E-state index in [0.29, 0.717) is 19.7 Å². The summed E-state index contributed by atoms with van der Waals surface area (Å²) in [4.78, 5) is 12.5. The summed E-state index contributed by atoms with van der Waals surface area (Å²) in [5.41, 5.74) is 0. The van der Waals surface area contributed by atoms with E-state index < -0.39 is 5.97 Å². The first-order valence-corrected chi connectivity index (χ1v) is 5.66. The van der Waals surface area contributed by atoms with Crippen molar-refractivity contribution in [3.63, 3.8) is 0 Å². The standard InChI is InChI=1S/C12H19NO4/c1-3-10-4-5-11(17-10)8-13(6-7-16-2)9-12(14)15/h4-5H,3,6-9H2,1-2H3,(H,14,15). The van der Waals surface area contributed by atoms with E-state index >= 15 is 0 Å². The maximum absolute atomic E-state index is 10.7. The SMILES string of the molecule is CCc1ccc(CN(CCOC)CC(=O)O)o1. The Morgan fingerprint density at radius 2 is 2.18 bits per heavy atom. The molecule has 0 aliphatic carbocycles. The highest BCUT2D eigenvalue weighted by molar-refractivity contribution is 5.69. The predicted molar refractivity (Wildman–Crippen MR) is 62.9 cm³/mol. The normalized spacial score (nSPS) is 11.0. The predicted octanol–water partition coefficient (Wildman–Crippen LogP) is 1.38. The Hall–Kier alpha value is -1.33. The van der Waals surface area contributed by atoms with Gasteiger partial charge in [0.2, 0.25) is 0 Å². The first kappa shape index (κ1) is 13.7. The minimum Gasteiger partial charge on any atom is -0.480 e. The minimum atomic E-state index is -0.844. The number of carbonyl (C=O) groups is 1. The molecule has 1 aromatic heterocycles. The third-order valence-electron chi connectivity index (χ3n) is 2.42. The van der Waals surface area contributed by atoms with Crippen molar-refractivity contribution in [3.05, 3.63) is 23.7 Å². The first-order chi connectivity index (χ1) is 8.15. The molecule has 0 fully saturated rings. The number of ether oxygens (including phenoxy) is 1. The summed E-state index contributed by atoms with van der Waals surface area (Å²) >= 11 is 0. The highest BCUT2D eigenvalue weighted by Gasteiger charge is 2.12. The van der Waals surface area contributed by atoms with Gasteiger partial charge in [-0.3, -0.25) is 9.69 Å². The summed E-state index contributed by atoms with van der Waals surface area (Å²) in [5, 5.41) is 8.80. The molecule has 1 rings (SSSR count). The van der Waals surface area contributed by atoms with Gasteiger partial charge in [-0.15, -0.1) is 0 Å². The molecule has 17 heavy (non-hydrogen) atoms. The van der Waals surface area contributed by atoms with Crippen LogP contribution in [0.5, 0.6) is 0 Å². The Labute approximate surface area is 101 Å². The number of furan rings is 1. The number of hydrogen-bond acceptors (Lipinski definition) is 4. The van der Waals surface area contributed by atoms with E-state index in [1.807, 2.05) is 19.1 Å². The van der Waals surface area contributed by atoms with Crippen LogP contribution >= 0.6 is 0 Å². The molecule has 0 aliphatic rings. The Morgan fingerprint density at radius 1 is 1.47 bits per heavy atom. The largest absolute Gasteiger partial charge is 0.480 e. The summed E-state index contributed by atoms with van der Waals surface area (Å²) < 4.78 is 10.5. The average molecular weight is 241 g/mol. The van der Waals surface area contributed by atoms with Gasteiger partial charge in [0.1, 0.15) is 11.5 Å². The molecule has 0 amide bonds. The molecule has 0 aliphatic heterocycles. The van der Waals surface area contributed by atoms with Crippen LogP contribution in [0.2, 0.25) is 0 Å². The fourth-order valence-corrected chi connectivity index (χ4v) is 1.54. The molecule has 0 aromatic carbocycles. The molecule has 0 unspecified atom stereocenters. The van der Waals surface area contributed by atoms with E-state index in [0.717, 1.165) is 17.9 Å². The molecule has 0 radical (unpaired) electrons. The zero-order valence-electron chi connectivity index (χ0n) is 10.3. The number of aliphatic carboxylic acids is 1. The number of carboxylic acid groups (broad SMARTS) is 1. The lowest BCUT2D eigenvalue weighted by Gasteiger charge is -2.18. The molecular formula is C12H19NO4. The number of rotatable bonds is 8. The third-order valence-corrected chi connectivity index (χ3v) is 2.42. The van der Waals surface area contributed by atoms with E-state index in [1.165, 1.54) is 0 Å². The van der Waals surface area contributed by atoms with Crippen LogP contribution in [0, 0.1) is 0 Å². The minimum absolute atomic E-state index is 0.00841. The van der Waals surface area contributed by atoms with Crippen molar-refractivity contribution in [2.45, 2.75) is 19.9 Å². The van der Waals surface area contributed by atoms with Gasteiger partial charge in [-0.05, 0) is 12.1 Å². The van der Waals surface area contributed by atoms with E-state index in [1.54, 1.807) is 12.0 Å². The van der Waals surface area contributed by atoms with Crippen molar-refractivity contribution >= 4 is 5.97 Å². The van der Waals surface area contributed by atoms with Gasteiger partial charge in [-0.2, -0.15) is 0 Å². The molecule has 5 nitrogen and oxygen atoms in total. The molecule has 96 valence electrons. The zero-order valence-corrected chi connectivity index (χ0v) is 10.3. The lowest BCUT2D eigenvalue weighted by atomic mass is 10.3. The average Bonchev–Trinajstić information content (AvgIpc) is 2.73. The molecule has 0 saturated heterocycles. The quantitative estimate of drug-likeness (QED) is 0.745. The molecular weight excluding hydrogens is 222 g/mol. The Balaban J connectivity index is 2.54. The molecule has 5 heteroatoms. The van der Waals surface area contributed by atoms with Crippen LogP contribution in [-0.2, 0) is 22.5 Å². The molecule has 1 heterocycles. The second kappa shape index (κ2) is 7.09. The van der Waals surface area contributed by atoms with Gasteiger partial charge in [0.05, 0.1) is 19.7 Å². The van der Waals surface area contributed by atoms with Crippen molar-refractivity contribution < 1.29 is 19.1 Å². The number of carboxylic acids is 1. The Morgan fingerprint density at radius 3 is 2.71 bits per heavy atom. The van der Waals surface area contributed by atoms with Crippen LogP contribution in [0.25, 0.3) is 0 Å². The molecule has 1 aromatic rings. The molecule has 0 atom stereocenters. The first-order valence-electron chi connectivity index (χ1n) is 5.66. The fraction of sp³-hybridized carbons (Fsp3) is 0.583. The Kier molecular flexibility index (Phi) is 5.72. The van der Waals surface area contributed by atoms with E-state index in [-0.39, 0.29) is 6.54 Å². The van der Waals surface area contributed by atoms with E-state index in [4.69, 9.17) is 14.3 Å². The van der Waals surface area contributed by atoms with Crippen molar-refractivity contribution in [2.24, 2.45) is 0 Å². The van der Waals surface area contributed by atoms with Gasteiger partial charge in [0.15, 0.2) is 0 Å². The van der Waals surface area contributed by atoms with Crippen LogP contribution in [0.15, 0.2) is 16.5 Å². The third kappa shape index (κ3) is 5.01. The molecule has 0 saturated carbocycles. The monoisotopic (exact) mass is 241 g/mol. The number of aryl methyl sites for hydroxylation is 1. The zero-order chi connectivity index (χ0) is 12.7. The highest BCUT2D eigenvalue weighted by atomic mass is 16.5. The summed E-state index contributed by atoms with van der Waals surface area (Å²) in [5.74, 6) is 0.865. The maximum atomic E-state index is 10.7. The van der Waals surface area contributed by atoms with Gasteiger partial charge in [0.25, 0.3) is 0 Å². The molecule has 0 bridgehead atoms. The second-order valence-corrected chi connectivity index (χ2v) is 3.82. The molecule has 0 spiro atoms. The lowest BCUT2D eigenvalue weighted by molar-refractivity contribution is -0.138. The second-order valence-electron chi connectivity index (χ2n) is 3.82. The van der Waals surface area contributed by atoms with Crippen molar-refractivity contribution in [3.8, 4) is 0 Å². The van der Waals surface area contributed by atoms with Gasteiger partial charge in [0, 0.05) is 20.1 Å². The Bertz CT molecular complexity index is 348. The van der Waals surface area contributed by atoms with Gasteiger partial charge in [-0.1, -0.05) is 6.92 Å². The highest BCUT2D eigenvalue weighted by Crippen LogP contribution is 2.11. The summed E-state index contributed by atoms with van der Waals surface area (Å²) in [6.07, 6.45) is 0.844. The van der Waals surface area contributed by atoms with E-state index in [2.05, 4.69) is 0 Å². The van der Waals surface area contributed by atoms with Gasteiger partial charge >= 0.3 is 5.97 Å². The molecule has 1 N–H and O–H groups in total. The topological polar surface area (TPSA) is 62.9 Å². The van der Waals surface area contributed by atoms with Crippen molar-refractivity contribution in [2.75, 3.05) is 26.8 Å². The number of hydrogen-bond donors (Lipinski definition) is 1. The van der Waals surface area contributed by atoms with E-state index in [9.17, 15) is 4.79 Å².